The molecule has 0 unspecified atom stereocenters. The van der Waals surface area contributed by atoms with Crippen LogP contribution in [0.1, 0.15) is 60.3 Å². The minimum atomic E-state index is -4.43. The summed E-state index contributed by atoms with van der Waals surface area (Å²) < 4.78 is 46.1. The summed E-state index contributed by atoms with van der Waals surface area (Å²) in [6, 6.07) is 5.65. The van der Waals surface area contributed by atoms with Crippen LogP contribution in [0.25, 0.3) is 16.6 Å². The average molecular weight is 526 g/mol. The number of hydrogen-bond donors (Lipinski definition) is 1. The summed E-state index contributed by atoms with van der Waals surface area (Å²) in [5.74, 6) is 1.78. The first-order chi connectivity index (χ1) is 18.1. The van der Waals surface area contributed by atoms with Crippen molar-refractivity contribution >= 4 is 28.3 Å². The number of nitrogens with zero attached hydrogens (tertiary/aromatic N) is 4. The molecule has 1 aromatic carbocycles. The number of methoxy groups -OCH3 is 1. The van der Waals surface area contributed by atoms with E-state index in [1.165, 1.54) is 13.0 Å². The van der Waals surface area contributed by atoms with Gasteiger partial charge in [0.2, 0.25) is 11.8 Å². The fourth-order valence-corrected chi connectivity index (χ4v) is 5.06. The lowest BCUT2D eigenvalue weighted by molar-refractivity contribution is -0.138. The number of rotatable bonds is 6. The standard InChI is InChI=1S/C28H30F3N5O2/c1-15-20(6-5-7-23(15)28(29,30)31)16(2)32-24-22-14-21(26(38-4)35-25(22)34-17(3)33-24)18-10-12-36(13-11-18)27(37)19-8-9-19/h5-7,10,14,16,19H,8-9,11-13H2,1-4H3,(H,32,33,34,35)/t16-/m1/s1. The maximum atomic E-state index is 13.5. The quantitative estimate of drug-likeness (QED) is 0.434. The smallest absolute Gasteiger partial charge is 0.416 e. The molecule has 1 saturated carbocycles. The van der Waals surface area contributed by atoms with Crippen molar-refractivity contribution in [1.82, 2.24) is 19.9 Å². The van der Waals surface area contributed by atoms with Gasteiger partial charge in [-0.3, -0.25) is 4.79 Å². The van der Waals surface area contributed by atoms with Gasteiger partial charge in [0.1, 0.15) is 11.6 Å². The second-order valence-corrected chi connectivity index (χ2v) is 9.96. The van der Waals surface area contributed by atoms with Crippen LogP contribution in [0.4, 0.5) is 19.0 Å². The van der Waals surface area contributed by atoms with Crippen molar-refractivity contribution in [2.45, 2.75) is 52.3 Å². The van der Waals surface area contributed by atoms with Crippen LogP contribution in [0.2, 0.25) is 0 Å². The number of halogens is 3. The van der Waals surface area contributed by atoms with E-state index >= 15 is 0 Å². The summed E-state index contributed by atoms with van der Waals surface area (Å²) >= 11 is 0. The largest absolute Gasteiger partial charge is 0.481 e. The van der Waals surface area contributed by atoms with Crippen LogP contribution in [0, 0.1) is 19.8 Å². The van der Waals surface area contributed by atoms with E-state index < -0.39 is 17.8 Å². The van der Waals surface area contributed by atoms with Crippen LogP contribution >= 0.6 is 0 Å². The fraction of sp³-hybridized carbons (Fsp3) is 0.429. The molecule has 0 spiro atoms. The molecule has 0 bridgehead atoms. The van der Waals surface area contributed by atoms with E-state index in [4.69, 9.17) is 4.74 Å². The van der Waals surface area contributed by atoms with Gasteiger partial charge in [-0.25, -0.2) is 9.97 Å². The molecule has 3 aromatic rings. The second-order valence-electron chi connectivity index (χ2n) is 9.96. The molecule has 1 aliphatic heterocycles. The van der Waals surface area contributed by atoms with Gasteiger partial charge in [0, 0.05) is 24.6 Å². The van der Waals surface area contributed by atoms with Crippen LogP contribution in [0.15, 0.2) is 30.3 Å². The van der Waals surface area contributed by atoms with Gasteiger partial charge in [-0.1, -0.05) is 18.2 Å². The Morgan fingerprint density at radius 3 is 2.58 bits per heavy atom. The number of carbonyl (C=O) groups excluding carboxylic acids is 1. The zero-order valence-corrected chi connectivity index (χ0v) is 21.8. The molecule has 1 atom stereocenters. The summed E-state index contributed by atoms with van der Waals surface area (Å²) in [7, 11) is 1.55. The summed E-state index contributed by atoms with van der Waals surface area (Å²) in [4.78, 5) is 28.0. The van der Waals surface area contributed by atoms with Crippen molar-refractivity contribution in [1.29, 1.82) is 0 Å². The topological polar surface area (TPSA) is 80.2 Å². The number of carbonyl (C=O) groups is 1. The molecule has 1 amide bonds. The summed E-state index contributed by atoms with van der Waals surface area (Å²) in [6.07, 6.45) is 0.215. The number of alkyl halides is 3. The van der Waals surface area contributed by atoms with E-state index in [0.29, 0.717) is 53.6 Å². The zero-order chi connectivity index (χ0) is 27.2. The van der Waals surface area contributed by atoms with E-state index in [2.05, 4.69) is 20.3 Å². The molecule has 0 saturated heterocycles. The predicted molar refractivity (Wildman–Crippen MR) is 139 cm³/mol. The number of benzene rings is 1. The SMILES string of the molecule is COc1nc2nc(C)nc(N[C@H](C)c3cccc(C(F)(F)F)c3C)c2cc1C1=CCN(C(=O)C2CC2)CC1. The van der Waals surface area contributed by atoms with Gasteiger partial charge in [-0.2, -0.15) is 18.2 Å². The van der Waals surface area contributed by atoms with Crippen molar-refractivity contribution in [3.63, 3.8) is 0 Å². The molecule has 200 valence electrons. The van der Waals surface area contributed by atoms with Crippen molar-refractivity contribution in [2.75, 3.05) is 25.5 Å². The highest BCUT2D eigenvalue weighted by molar-refractivity contribution is 5.91. The van der Waals surface area contributed by atoms with E-state index in [1.807, 2.05) is 17.0 Å². The lowest BCUT2D eigenvalue weighted by Gasteiger charge is -2.27. The fourth-order valence-electron chi connectivity index (χ4n) is 5.06. The van der Waals surface area contributed by atoms with Crippen molar-refractivity contribution in [2.24, 2.45) is 5.92 Å². The molecule has 0 radical (unpaired) electrons. The van der Waals surface area contributed by atoms with Crippen LogP contribution in [0.3, 0.4) is 0 Å². The Hall–Kier alpha value is -3.69. The monoisotopic (exact) mass is 525 g/mol. The minimum absolute atomic E-state index is 0.174. The zero-order valence-electron chi connectivity index (χ0n) is 21.8. The predicted octanol–water partition coefficient (Wildman–Crippen LogP) is 5.87. The highest BCUT2D eigenvalue weighted by Crippen LogP contribution is 2.38. The Morgan fingerprint density at radius 2 is 1.95 bits per heavy atom. The van der Waals surface area contributed by atoms with Crippen LogP contribution in [-0.2, 0) is 11.0 Å². The van der Waals surface area contributed by atoms with Crippen LogP contribution in [0.5, 0.6) is 5.88 Å². The lowest BCUT2D eigenvalue weighted by atomic mass is 9.97. The van der Waals surface area contributed by atoms with E-state index in [9.17, 15) is 18.0 Å². The average Bonchev–Trinajstić information content (AvgIpc) is 3.72. The second kappa shape index (κ2) is 9.89. The molecule has 2 aliphatic rings. The van der Waals surface area contributed by atoms with Crippen molar-refractivity contribution in [3.05, 3.63) is 58.4 Å². The Bertz CT molecular complexity index is 1430. The van der Waals surface area contributed by atoms with Crippen molar-refractivity contribution in [3.8, 4) is 5.88 Å². The first-order valence-electron chi connectivity index (χ1n) is 12.7. The van der Waals surface area contributed by atoms with E-state index in [-0.39, 0.29) is 17.4 Å². The number of fused-ring (bicyclic) bond motifs is 1. The highest BCUT2D eigenvalue weighted by Gasteiger charge is 2.35. The maximum Gasteiger partial charge on any atom is 0.416 e. The molecular weight excluding hydrogens is 495 g/mol. The highest BCUT2D eigenvalue weighted by atomic mass is 19.4. The summed E-state index contributed by atoms with van der Waals surface area (Å²) in [6.45, 7) is 6.19. The molecule has 7 nitrogen and oxygen atoms in total. The van der Waals surface area contributed by atoms with Gasteiger partial charge in [0.05, 0.1) is 24.1 Å². The van der Waals surface area contributed by atoms with Gasteiger partial charge in [0.25, 0.3) is 0 Å². The molecule has 1 N–H and O–H groups in total. The lowest BCUT2D eigenvalue weighted by Crippen LogP contribution is -2.35. The van der Waals surface area contributed by atoms with Gasteiger partial charge in [-0.15, -0.1) is 0 Å². The van der Waals surface area contributed by atoms with Gasteiger partial charge < -0.3 is 15.0 Å². The molecule has 10 heteroatoms. The van der Waals surface area contributed by atoms with Crippen LogP contribution < -0.4 is 10.1 Å². The molecule has 5 rings (SSSR count). The van der Waals surface area contributed by atoms with E-state index in [1.54, 1.807) is 27.0 Å². The number of nitrogens with one attached hydrogen (secondary N) is 1. The van der Waals surface area contributed by atoms with Gasteiger partial charge in [-0.05, 0) is 68.9 Å². The number of ether oxygens (including phenoxy) is 1. The molecular formula is C28H30F3N5O2. The minimum Gasteiger partial charge on any atom is -0.481 e. The summed E-state index contributed by atoms with van der Waals surface area (Å²) in [5, 5.41) is 3.94. The Morgan fingerprint density at radius 1 is 1.18 bits per heavy atom. The first kappa shape index (κ1) is 25.9. The first-order valence-corrected chi connectivity index (χ1v) is 12.7. The Labute approximate surface area is 219 Å². The third kappa shape index (κ3) is 5.04. The number of aromatic nitrogens is 3. The maximum absolute atomic E-state index is 13.5. The van der Waals surface area contributed by atoms with E-state index in [0.717, 1.165) is 30.0 Å². The number of hydrogen-bond acceptors (Lipinski definition) is 6. The van der Waals surface area contributed by atoms with Gasteiger partial charge in [0.15, 0.2) is 5.65 Å². The number of anilines is 1. The third-order valence-electron chi connectivity index (χ3n) is 7.25. The third-order valence-corrected chi connectivity index (χ3v) is 7.25. The normalized spacial score (nSPS) is 16.8. The molecule has 3 heterocycles. The number of amides is 1. The summed E-state index contributed by atoms with van der Waals surface area (Å²) in [5.41, 5.74) is 2.28. The van der Waals surface area contributed by atoms with Crippen LogP contribution in [-0.4, -0.2) is 46.0 Å². The number of pyridine rings is 1. The molecule has 2 aromatic heterocycles. The number of aryl methyl sites for hydroxylation is 1. The van der Waals surface area contributed by atoms with Gasteiger partial charge >= 0.3 is 6.18 Å². The van der Waals surface area contributed by atoms with Crippen molar-refractivity contribution < 1.29 is 22.7 Å². The molecule has 1 aliphatic carbocycles. The molecule has 38 heavy (non-hydrogen) atoms. The Balaban J connectivity index is 1.50. The Kier molecular flexibility index (Phi) is 6.75. The molecule has 1 fully saturated rings.